The standard InChI is InChI=1S/C20H16Cl2N2O3/c1-13-10-16(8-9-19(13)22)26-12-18-7-6-17(27-18)11-23-24-20(25)14-2-4-15(21)5-3-14/h2-11H,12H2,1H3,(H,24,25)/b23-11-. The molecule has 0 aliphatic carbocycles. The number of carbonyl (C=O) groups excluding carboxylic acids is 1. The molecule has 1 heterocycles. The molecule has 0 unspecified atom stereocenters. The van der Waals surface area contributed by atoms with Crippen molar-refractivity contribution in [1.29, 1.82) is 0 Å². The lowest BCUT2D eigenvalue weighted by Crippen LogP contribution is -2.17. The zero-order valence-electron chi connectivity index (χ0n) is 14.4. The molecule has 5 nitrogen and oxygen atoms in total. The molecule has 0 atom stereocenters. The summed E-state index contributed by atoms with van der Waals surface area (Å²) < 4.78 is 11.3. The van der Waals surface area contributed by atoms with Crippen molar-refractivity contribution >= 4 is 35.3 Å². The van der Waals surface area contributed by atoms with Crippen LogP contribution in [0.2, 0.25) is 10.0 Å². The smallest absolute Gasteiger partial charge is 0.271 e. The van der Waals surface area contributed by atoms with Gasteiger partial charge in [-0.3, -0.25) is 4.79 Å². The van der Waals surface area contributed by atoms with Crippen LogP contribution in [-0.2, 0) is 6.61 Å². The minimum absolute atomic E-state index is 0.270. The molecule has 1 aromatic heterocycles. The molecule has 27 heavy (non-hydrogen) atoms. The number of hydrogen-bond acceptors (Lipinski definition) is 4. The first-order chi connectivity index (χ1) is 13.0. The number of benzene rings is 2. The van der Waals surface area contributed by atoms with E-state index in [9.17, 15) is 4.79 Å². The number of carbonyl (C=O) groups is 1. The molecule has 1 amide bonds. The normalized spacial score (nSPS) is 10.9. The maximum atomic E-state index is 11.9. The summed E-state index contributed by atoms with van der Waals surface area (Å²) in [7, 11) is 0. The SMILES string of the molecule is Cc1cc(OCc2ccc(/C=N\NC(=O)c3ccc(Cl)cc3)o2)ccc1Cl. The number of nitrogens with one attached hydrogen (secondary N) is 1. The molecule has 1 N–H and O–H groups in total. The van der Waals surface area contributed by atoms with Gasteiger partial charge in [0.25, 0.3) is 5.91 Å². The van der Waals surface area contributed by atoms with Gasteiger partial charge in [-0.25, -0.2) is 5.43 Å². The van der Waals surface area contributed by atoms with Crippen molar-refractivity contribution in [3.05, 3.63) is 87.3 Å². The molecule has 0 saturated carbocycles. The summed E-state index contributed by atoms with van der Waals surface area (Å²) in [5, 5.41) is 5.14. The van der Waals surface area contributed by atoms with E-state index < -0.39 is 0 Å². The third-order valence-electron chi connectivity index (χ3n) is 3.66. The van der Waals surface area contributed by atoms with Crippen LogP contribution in [-0.4, -0.2) is 12.1 Å². The second kappa shape index (κ2) is 8.75. The third kappa shape index (κ3) is 5.36. The van der Waals surface area contributed by atoms with Gasteiger partial charge in [0.05, 0.1) is 6.21 Å². The predicted octanol–water partition coefficient (Wildman–Crippen LogP) is 5.24. The molecule has 0 saturated heterocycles. The van der Waals surface area contributed by atoms with Crippen LogP contribution in [0.3, 0.4) is 0 Å². The van der Waals surface area contributed by atoms with Gasteiger partial charge >= 0.3 is 0 Å². The zero-order valence-corrected chi connectivity index (χ0v) is 15.9. The fraction of sp³-hybridized carbons (Fsp3) is 0.100. The molecule has 138 valence electrons. The Morgan fingerprint density at radius 3 is 2.67 bits per heavy atom. The fourth-order valence-electron chi connectivity index (χ4n) is 2.22. The second-order valence-electron chi connectivity index (χ2n) is 5.71. The van der Waals surface area contributed by atoms with Crippen LogP contribution in [0.15, 0.2) is 64.1 Å². The zero-order chi connectivity index (χ0) is 19.2. The van der Waals surface area contributed by atoms with Gasteiger partial charge in [-0.05, 0) is 67.1 Å². The lowest BCUT2D eigenvalue weighted by Gasteiger charge is -2.05. The Kier molecular flexibility index (Phi) is 6.16. The summed E-state index contributed by atoms with van der Waals surface area (Å²) in [6.07, 6.45) is 1.42. The Morgan fingerprint density at radius 1 is 1.15 bits per heavy atom. The van der Waals surface area contributed by atoms with Crippen molar-refractivity contribution in [3.63, 3.8) is 0 Å². The number of hydrazone groups is 1. The molecule has 3 rings (SSSR count). The van der Waals surface area contributed by atoms with E-state index in [2.05, 4.69) is 10.5 Å². The highest BCUT2D eigenvalue weighted by molar-refractivity contribution is 6.31. The quantitative estimate of drug-likeness (QED) is 0.452. The minimum Gasteiger partial charge on any atom is -0.486 e. The second-order valence-corrected chi connectivity index (χ2v) is 6.55. The van der Waals surface area contributed by atoms with Crippen LogP contribution in [0.5, 0.6) is 5.75 Å². The highest BCUT2D eigenvalue weighted by atomic mass is 35.5. The van der Waals surface area contributed by atoms with Crippen LogP contribution in [0.25, 0.3) is 0 Å². The van der Waals surface area contributed by atoms with E-state index in [0.717, 1.165) is 5.56 Å². The van der Waals surface area contributed by atoms with Crippen molar-refractivity contribution in [2.75, 3.05) is 0 Å². The van der Waals surface area contributed by atoms with Crippen molar-refractivity contribution in [3.8, 4) is 5.75 Å². The van der Waals surface area contributed by atoms with E-state index >= 15 is 0 Å². The Morgan fingerprint density at radius 2 is 1.93 bits per heavy atom. The van der Waals surface area contributed by atoms with Gasteiger partial charge in [0.15, 0.2) is 0 Å². The van der Waals surface area contributed by atoms with Crippen molar-refractivity contribution in [2.24, 2.45) is 5.10 Å². The number of amides is 1. The van der Waals surface area contributed by atoms with Gasteiger partial charge in [-0.1, -0.05) is 23.2 Å². The molecule has 0 fully saturated rings. The Labute approximate surface area is 166 Å². The van der Waals surface area contributed by atoms with Crippen LogP contribution >= 0.6 is 23.2 Å². The summed E-state index contributed by atoms with van der Waals surface area (Å²) in [5.74, 6) is 1.50. The predicted molar refractivity (Wildman–Crippen MR) is 106 cm³/mol. The van der Waals surface area contributed by atoms with Gasteiger partial charge in [0.2, 0.25) is 0 Å². The molecule has 2 aromatic carbocycles. The summed E-state index contributed by atoms with van der Waals surface area (Å²) in [4.78, 5) is 11.9. The Bertz CT molecular complexity index is 966. The molecule has 3 aromatic rings. The van der Waals surface area contributed by atoms with Gasteiger partial charge in [-0.2, -0.15) is 5.10 Å². The molecular weight excluding hydrogens is 387 g/mol. The first kappa shape index (κ1) is 19.0. The van der Waals surface area contributed by atoms with Crippen LogP contribution in [0, 0.1) is 6.92 Å². The Hall–Kier alpha value is -2.76. The van der Waals surface area contributed by atoms with Crippen LogP contribution in [0.1, 0.15) is 27.4 Å². The maximum absolute atomic E-state index is 11.9. The van der Waals surface area contributed by atoms with Crippen molar-refractivity contribution in [2.45, 2.75) is 13.5 Å². The van der Waals surface area contributed by atoms with E-state index in [4.69, 9.17) is 32.4 Å². The number of rotatable bonds is 6. The largest absolute Gasteiger partial charge is 0.486 e. The van der Waals surface area contributed by atoms with Gasteiger partial charge in [-0.15, -0.1) is 0 Å². The van der Waals surface area contributed by atoms with Gasteiger partial charge in [0.1, 0.15) is 23.9 Å². The number of aryl methyl sites for hydroxylation is 1. The maximum Gasteiger partial charge on any atom is 0.271 e. The molecule has 0 spiro atoms. The van der Waals surface area contributed by atoms with E-state index in [0.29, 0.717) is 32.9 Å². The number of ether oxygens (including phenoxy) is 1. The van der Waals surface area contributed by atoms with Crippen LogP contribution < -0.4 is 10.2 Å². The molecule has 0 radical (unpaired) electrons. The number of nitrogens with zero attached hydrogens (tertiary/aromatic N) is 1. The highest BCUT2D eigenvalue weighted by Gasteiger charge is 2.05. The summed E-state index contributed by atoms with van der Waals surface area (Å²) in [5.41, 5.74) is 3.83. The Balaban J connectivity index is 1.52. The van der Waals surface area contributed by atoms with Crippen molar-refractivity contribution in [1.82, 2.24) is 5.43 Å². The summed E-state index contributed by atoms with van der Waals surface area (Å²) >= 11 is 11.8. The fourth-order valence-corrected chi connectivity index (χ4v) is 2.47. The monoisotopic (exact) mass is 402 g/mol. The molecular formula is C20H16Cl2N2O3. The van der Waals surface area contributed by atoms with E-state index in [1.165, 1.54) is 6.21 Å². The summed E-state index contributed by atoms with van der Waals surface area (Å²) in [6.45, 7) is 2.18. The summed E-state index contributed by atoms with van der Waals surface area (Å²) in [6, 6.07) is 15.5. The molecule has 7 heteroatoms. The minimum atomic E-state index is -0.337. The van der Waals surface area contributed by atoms with Crippen molar-refractivity contribution < 1.29 is 13.9 Å². The average Bonchev–Trinajstić information content (AvgIpc) is 3.11. The average molecular weight is 403 g/mol. The van der Waals surface area contributed by atoms with E-state index in [-0.39, 0.29) is 12.5 Å². The van der Waals surface area contributed by atoms with Crippen LogP contribution in [0.4, 0.5) is 0 Å². The number of hydrogen-bond donors (Lipinski definition) is 1. The topological polar surface area (TPSA) is 63.8 Å². The third-order valence-corrected chi connectivity index (χ3v) is 4.33. The van der Waals surface area contributed by atoms with E-state index in [1.54, 1.807) is 48.5 Å². The molecule has 0 aliphatic rings. The lowest BCUT2D eigenvalue weighted by molar-refractivity contribution is 0.0955. The molecule has 0 aliphatic heterocycles. The number of furan rings is 1. The van der Waals surface area contributed by atoms with Gasteiger partial charge < -0.3 is 9.15 Å². The highest BCUT2D eigenvalue weighted by Crippen LogP contribution is 2.22. The van der Waals surface area contributed by atoms with Gasteiger partial charge in [0, 0.05) is 15.6 Å². The molecule has 0 bridgehead atoms. The first-order valence-electron chi connectivity index (χ1n) is 8.08. The first-order valence-corrected chi connectivity index (χ1v) is 8.83. The lowest BCUT2D eigenvalue weighted by atomic mass is 10.2. The van der Waals surface area contributed by atoms with E-state index in [1.807, 2.05) is 13.0 Å². The number of halogens is 2.